The third kappa shape index (κ3) is 4.36. The molecule has 1 heterocycles. The van der Waals surface area contributed by atoms with Gasteiger partial charge in [-0.25, -0.2) is 0 Å². The number of Topliss-reactive ketones (excluding diaryl/α,β-unsaturated/α-hetero) is 1. The standard InChI is InChI=1S/C45H50O2/c1-23(2)31-15-13-26(7)40-34(19-31)28(9)17-36(40)39-22-33(25(5)6)21-38-30(11)42(43(46)45(38)44(39,12)47-45)37-18-29(10)35-20-32(24(3)4)16-14-27(8)41(35)37/h13-25,39H,1-12H3. The lowest BCUT2D eigenvalue weighted by molar-refractivity contribution is -0.116. The van der Waals surface area contributed by atoms with E-state index in [1.54, 1.807) is 0 Å². The minimum absolute atomic E-state index is 0.0733. The zero-order valence-electron chi connectivity index (χ0n) is 30.4. The number of fused-ring (bicyclic) bond motifs is 2. The number of hydrogen-bond donors (Lipinski definition) is 0. The molecule has 47 heavy (non-hydrogen) atoms. The highest BCUT2D eigenvalue weighted by molar-refractivity contribution is 6.34. The number of hydrogen-bond acceptors (Lipinski definition) is 2. The Balaban J connectivity index is 1.42. The van der Waals surface area contributed by atoms with Crippen molar-refractivity contribution >= 4 is 11.4 Å². The van der Waals surface area contributed by atoms with Gasteiger partial charge < -0.3 is 4.74 Å². The molecule has 2 heteroatoms. The first-order valence-electron chi connectivity index (χ1n) is 17.6. The fourth-order valence-electron chi connectivity index (χ4n) is 8.76. The summed E-state index contributed by atoms with van der Waals surface area (Å²) in [7, 11) is 0. The number of carbonyl (C=O) groups excluding carboxylic acids is 1. The molecule has 3 unspecified atom stereocenters. The largest absolute Gasteiger partial charge is 0.348 e. The Bertz CT molecular complexity index is 2030. The molecule has 0 amide bonds. The molecular formula is C45H50O2. The summed E-state index contributed by atoms with van der Waals surface area (Å²) in [6.07, 6.45) is 4.73. The molecule has 0 aromatic heterocycles. The quantitative estimate of drug-likeness (QED) is 0.207. The lowest BCUT2D eigenvalue weighted by atomic mass is 9.75. The van der Waals surface area contributed by atoms with Crippen molar-refractivity contribution in [2.45, 2.75) is 112 Å². The minimum Gasteiger partial charge on any atom is -0.348 e. The summed E-state index contributed by atoms with van der Waals surface area (Å²) < 4.78 is 6.98. The molecule has 0 N–H and O–H groups in total. The molecule has 0 saturated carbocycles. The van der Waals surface area contributed by atoms with Gasteiger partial charge in [-0.05, 0) is 143 Å². The van der Waals surface area contributed by atoms with E-state index in [9.17, 15) is 0 Å². The Labute approximate surface area is 282 Å². The van der Waals surface area contributed by atoms with E-state index in [0.717, 1.165) is 22.3 Å². The van der Waals surface area contributed by atoms with Gasteiger partial charge in [0.1, 0.15) is 5.60 Å². The smallest absolute Gasteiger partial charge is 0.203 e. The van der Waals surface area contributed by atoms with Crippen molar-refractivity contribution < 1.29 is 9.53 Å². The van der Waals surface area contributed by atoms with E-state index in [1.165, 1.54) is 66.8 Å². The average molecular weight is 623 g/mol. The number of rotatable bonds is 5. The van der Waals surface area contributed by atoms with Gasteiger partial charge in [-0.1, -0.05) is 102 Å². The molecule has 1 saturated heterocycles. The molecule has 0 aromatic rings. The van der Waals surface area contributed by atoms with Crippen molar-refractivity contribution in [1.29, 1.82) is 0 Å². The molecule has 3 atom stereocenters. The van der Waals surface area contributed by atoms with Crippen LogP contribution in [-0.4, -0.2) is 17.0 Å². The van der Waals surface area contributed by atoms with Crippen molar-refractivity contribution in [1.82, 2.24) is 0 Å². The molecule has 1 spiro atoms. The maximum absolute atomic E-state index is 15.2. The number of carbonyl (C=O) groups is 1. The average Bonchev–Trinajstić information content (AvgIpc) is 3.45. The van der Waals surface area contributed by atoms with Crippen molar-refractivity contribution in [3.8, 4) is 22.3 Å². The number of aryl methyl sites for hydroxylation is 4. The van der Waals surface area contributed by atoms with Gasteiger partial charge in [-0.15, -0.1) is 0 Å². The number of epoxide rings is 1. The molecule has 0 radical (unpaired) electrons. The topological polar surface area (TPSA) is 29.6 Å². The molecule has 2 nitrogen and oxygen atoms in total. The van der Waals surface area contributed by atoms with Crippen molar-refractivity contribution in [2.24, 2.45) is 5.92 Å². The SMILES string of the molecule is CC1=C(c2cc(C)c3cc(C(C)C)ccc(C)c2-3)C(=O)C23OC2(C)C(c2cc(C)c4cc(C(C)C)ccc(C)c2-4)C=C(C(C)C)C=C13. The van der Waals surface area contributed by atoms with E-state index in [2.05, 4.69) is 144 Å². The van der Waals surface area contributed by atoms with Crippen LogP contribution in [0.3, 0.4) is 0 Å². The number of ether oxygens (including phenoxy) is 1. The summed E-state index contributed by atoms with van der Waals surface area (Å²) in [4.78, 5) is 15.2. The summed E-state index contributed by atoms with van der Waals surface area (Å²) in [5.74, 6) is 1.21. The Morgan fingerprint density at radius 1 is 0.660 bits per heavy atom. The van der Waals surface area contributed by atoms with Gasteiger partial charge in [0.25, 0.3) is 0 Å². The van der Waals surface area contributed by atoms with Crippen LogP contribution in [0.25, 0.3) is 27.8 Å². The van der Waals surface area contributed by atoms with E-state index in [-0.39, 0.29) is 11.7 Å². The molecule has 7 rings (SSSR count). The van der Waals surface area contributed by atoms with Gasteiger partial charge >= 0.3 is 0 Å². The molecular weight excluding hydrogens is 572 g/mol. The molecule has 242 valence electrons. The zero-order valence-corrected chi connectivity index (χ0v) is 30.4. The van der Waals surface area contributed by atoms with Crippen LogP contribution in [0.15, 0.2) is 77.4 Å². The first-order chi connectivity index (χ1) is 22.1. The van der Waals surface area contributed by atoms with Gasteiger partial charge in [-0.3, -0.25) is 4.79 Å². The highest BCUT2D eigenvalue weighted by Gasteiger charge is 2.79. The van der Waals surface area contributed by atoms with E-state index >= 15 is 4.79 Å². The van der Waals surface area contributed by atoms with E-state index in [4.69, 9.17) is 4.74 Å². The molecule has 1 aliphatic heterocycles. The van der Waals surface area contributed by atoms with E-state index in [1.807, 2.05) is 0 Å². The Kier molecular flexibility index (Phi) is 7.20. The number of ketones is 1. The van der Waals surface area contributed by atoms with Gasteiger partial charge in [0, 0.05) is 11.5 Å². The molecule has 6 aliphatic carbocycles. The summed E-state index contributed by atoms with van der Waals surface area (Å²) >= 11 is 0. The predicted octanol–water partition coefficient (Wildman–Crippen LogP) is 11.6. The van der Waals surface area contributed by atoms with Crippen LogP contribution in [0.1, 0.15) is 118 Å². The Hall–Kier alpha value is -3.75. The second-order valence-electron chi connectivity index (χ2n) is 15.8. The van der Waals surface area contributed by atoms with Crippen LogP contribution in [0.2, 0.25) is 0 Å². The molecule has 0 bridgehead atoms. The highest BCUT2D eigenvalue weighted by Crippen LogP contribution is 2.69. The van der Waals surface area contributed by atoms with Gasteiger partial charge in [-0.2, -0.15) is 0 Å². The maximum atomic E-state index is 15.2. The summed E-state index contributed by atoms with van der Waals surface area (Å²) in [5, 5.41) is 0. The van der Waals surface area contributed by atoms with E-state index < -0.39 is 11.2 Å². The first kappa shape index (κ1) is 31.8. The van der Waals surface area contributed by atoms with Crippen LogP contribution >= 0.6 is 0 Å². The molecule has 0 aromatic carbocycles. The summed E-state index contributed by atoms with van der Waals surface area (Å²) in [5.41, 5.74) is 17.5. The first-order valence-corrected chi connectivity index (χ1v) is 17.6. The monoisotopic (exact) mass is 622 g/mol. The lowest BCUT2D eigenvalue weighted by Crippen LogP contribution is -2.34. The number of allylic oxidation sites excluding steroid dienone is 2. The summed E-state index contributed by atoms with van der Waals surface area (Å²) in [6.45, 7) is 26.7. The third-order valence-electron chi connectivity index (χ3n) is 11.7. The summed E-state index contributed by atoms with van der Waals surface area (Å²) in [6, 6.07) is 18.4. The fourth-order valence-corrected chi connectivity index (χ4v) is 8.76. The second-order valence-corrected chi connectivity index (χ2v) is 15.8. The Morgan fingerprint density at radius 2 is 1.21 bits per heavy atom. The van der Waals surface area contributed by atoms with Crippen molar-refractivity contribution in [3.63, 3.8) is 0 Å². The van der Waals surface area contributed by atoms with Gasteiger partial charge in [0.15, 0.2) is 5.60 Å². The fraction of sp³-hybridized carbons (Fsp3) is 0.400. The molecule has 7 aliphatic rings. The second kappa shape index (κ2) is 10.6. The highest BCUT2D eigenvalue weighted by atomic mass is 16.6. The zero-order chi connectivity index (χ0) is 33.9. The maximum Gasteiger partial charge on any atom is 0.203 e. The Morgan fingerprint density at radius 3 is 1.79 bits per heavy atom. The lowest BCUT2D eigenvalue weighted by Gasteiger charge is -2.22. The van der Waals surface area contributed by atoms with Gasteiger partial charge in [0.05, 0.1) is 0 Å². The van der Waals surface area contributed by atoms with Crippen LogP contribution in [0, 0.1) is 33.6 Å². The predicted molar refractivity (Wildman–Crippen MR) is 197 cm³/mol. The van der Waals surface area contributed by atoms with Crippen LogP contribution in [0.4, 0.5) is 0 Å². The normalized spacial score (nSPS) is 24.0. The van der Waals surface area contributed by atoms with Crippen LogP contribution in [0.5, 0.6) is 0 Å². The third-order valence-corrected chi connectivity index (χ3v) is 11.7. The minimum atomic E-state index is -0.999. The molecule has 1 fully saturated rings. The van der Waals surface area contributed by atoms with E-state index in [0.29, 0.717) is 17.8 Å². The van der Waals surface area contributed by atoms with Crippen molar-refractivity contribution in [2.75, 3.05) is 0 Å². The van der Waals surface area contributed by atoms with Crippen molar-refractivity contribution in [3.05, 3.63) is 122 Å². The van der Waals surface area contributed by atoms with Crippen LogP contribution < -0.4 is 0 Å². The van der Waals surface area contributed by atoms with Crippen LogP contribution in [-0.2, 0) is 9.53 Å². The van der Waals surface area contributed by atoms with Gasteiger partial charge in [0.2, 0.25) is 5.78 Å².